The van der Waals surface area contributed by atoms with Crippen molar-refractivity contribution in [2.75, 3.05) is 39.3 Å². The third-order valence-corrected chi connectivity index (χ3v) is 4.56. The van der Waals surface area contributed by atoms with Gasteiger partial charge in [-0.25, -0.2) is 4.79 Å². The average molecular weight is 298 g/mol. The van der Waals surface area contributed by atoms with Crippen LogP contribution in [0.4, 0.5) is 4.79 Å². The second kappa shape index (κ2) is 6.62. The lowest BCUT2D eigenvalue weighted by atomic mass is 10.1. The molecule has 0 radical (unpaired) electrons. The molecule has 0 unspecified atom stereocenters. The van der Waals surface area contributed by atoms with Crippen LogP contribution in [0.5, 0.6) is 0 Å². The molecule has 2 saturated heterocycles. The standard InChI is InChI=1S/C14H26N4O3/c1-10-6-15-13(9-18(10)14(20)21)8-16-4-5-17(12(3)19)7-11(16)2/h10-11,13,15H,4-9H2,1-3H3,(H,20,21)/t10-,11-,13+/m1/s1. The van der Waals surface area contributed by atoms with Crippen molar-refractivity contribution in [2.24, 2.45) is 0 Å². The van der Waals surface area contributed by atoms with Gasteiger partial charge in [-0.3, -0.25) is 9.69 Å². The molecule has 21 heavy (non-hydrogen) atoms. The van der Waals surface area contributed by atoms with Gasteiger partial charge in [0.2, 0.25) is 5.91 Å². The molecule has 120 valence electrons. The summed E-state index contributed by atoms with van der Waals surface area (Å²) in [7, 11) is 0. The van der Waals surface area contributed by atoms with E-state index in [0.29, 0.717) is 19.1 Å². The van der Waals surface area contributed by atoms with E-state index in [0.717, 1.165) is 26.2 Å². The fourth-order valence-electron chi connectivity index (χ4n) is 3.15. The predicted molar refractivity (Wildman–Crippen MR) is 79.3 cm³/mol. The second-order valence-electron chi connectivity index (χ2n) is 6.20. The Hall–Kier alpha value is -1.34. The van der Waals surface area contributed by atoms with Gasteiger partial charge in [-0.15, -0.1) is 0 Å². The van der Waals surface area contributed by atoms with Crippen LogP contribution in [0.3, 0.4) is 0 Å². The summed E-state index contributed by atoms with van der Waals surface area (Å²) < 4.78 is 0. The molecule has 7 heteroatoms. The number of carbonyl (C=O) groups is 2. The number of nitrogens with zero attached hydrogens (tertiary/aromatic N) is 3. The number of carboxylic acid groups (broad SMARTS) is 1. The molecule has 2 heterocycles. The highest BCUT2D eigenvalue weighted by Gasteiger charge is 2.32. The van der Waals surface area contributed by atoms with Crippen molar-refractivity contribution in [3.05, 3.63) is 0 Å². The van der Waals surface area contributed by atoms with E-state index < -0.39 is 6.09 Å². The maximum absolute atomic E-state index is 11.4. The van der Waals surface area contributed by atoms with Gasteiger partial charge < -0.3 is 20.2 Å². The number of hydrogen-bond donors (Lipinski definition) is 2. The number of hydrogen-bond acceptors (Lipinski definition) is 4. The van der Waals surface area contributed by atoms with Crippen LogP contribution in [0.25, 0.3) is 0 Å². The minimum Gasteiger partial charge on any atom is -0.465 e. The van der Waals surface area contributed by atoms with Gasteiger partial charge in [0.05, 0.1) is 0 Å². The molecule has 2 amide bonds. The highest BCUT2D eigenvalue weighted by atomic mass is 16.4. The Labute approximate surface area is 125 Å². The van der Waals surface area contributed by atoms with E-state index in [1.165, 1.54) is 4.90 Å². The van der Waals surface area contributed by atoms with Gasteiger partial charge in [0.25, 0.3) is 0 Å². The first-order chi connectivity index (χ1) is 9.88. The molecule has 2 rings (SSSR count). The summed E-state index contributed by atoms with van der Waals surface area (Å²) >= 11 is 0. The van der Waals surface area contributed by atoms with E-state index in [4.69, 9.17) is 0 Å². The van der Waals surface area contributed by atoms with Crippen molar-refractivity contribution in [2.45, 2.75) is 38.9 Å². The van der Waals surface area contributed by atoms with E-state index in [1.807, 2.05) is 11.8 Å². The molecular weight excluding hydrogens is 272 g/mol. The minimum absolute atomic E-state index is 0.0192. The molecule has 0 aromatic rings. The van der Waals surface area contributed by atoms with Crippen LogP contribution >= 0.6 is 0 Å². The van der Waals surface area contributed by atoms with Gasteiger partial charge in [0.1, 0.15) is 0 Å². The molecule has 2 aliphatic rings. The third-order valence-electron chi connectivity index (χ3n) is 4.56. The largest absolute Gasteiger partial charge is 0.465 e. The van der Waals surface area contributed by atoms with Gasteiger partial charge in [-0.2, -0.15) is 0 Å². The van der Waals surface area contributed by atoms with Crippen LogP contribution in [0, 0.1) is 0 Å². The molecule has 0 saturated carbocycles. The highest BCUT2D eigenvalue weighted by Crippen LogP contribution is 2.13. The lowest BCUT2D eigenvalue weighted by molar-refractivity contribution is -0.131. The maximum Gasteiger partial charge on any atom is 0.407 e. The van der Waals surface area contributed by atoms with Crippen molar-refractivity contribution in [1.82, 2.24) is 20.0 Å². The van der Waals surface area contributed by atoms with Crippen LogP contribution in [-0.2, 0) is 4.79 Å². The smallest absolute Gasteiger partial charge is 0.407 e. The fraction of sp³-hybridized carbons (Fsp3) is 0.857. The Bertz CT molecular complexity index is 404. The molecule has 0 spiro atoms. The first-order valence-corrected chi connectivity index (χ1v) is 7.61. The summed E-state index contributed by atoms with van der Waals surface area (Å²) in [5.41, 5.74) is 0. The van der Waals surface area contributed by atoms with E-state index in [9.17, 15) is 14.7 Å². The third kappa shape index (κ3) is 3.85. The van der Waals surface area contributed by atoms with Crippen LogP contribution in [0.1, 0.15) is 20.8 Å². The normalized spacial score (nSPS) is 31.3. The topological polar surface area (TPSA) is 76.1 Å². The van der Waals surface area contributed by atoms with Crippen molar-refractivity contribution in [3.8, 4) is 0 Å². The van der Waals surface area contributed by atoms with E-state index >= 15 is 0 Å². The molecular formula is C14H26N4O3. The Balaban J connectivity index is 1.87. The molecule has 2 fully saturated rings. The second-order valence-corrected chi connectivity index (χ2v) is 6.20. The molecule has 3 atom stereocenters. The summed E-state index contributed by atoms with van der Waals surface area (Å²) in [5, 5.41) is 12.6. The lowest BCUT2D eigenvalue weighted by Gasteiger charge is -2.43. The summed E-state index contributed by atoms with van der Waals surface area (Å²) in [6.07, 6.45) is -0.844. The number of amides is 2. The predicted octanol–water partition coefficient (Wildman–Crippen LogP) is -0.121. The molecule has 0 aliphatic carbocycles. The summed E-state index contributed by atoms with van der Waals surface area (Å²) in [6, 6.07) is 0.483. The van der Waals surface area contributed by atoms with Crippen molar-refractivity contribution < 1.29 is 14.7 Å². The maximum atomic E-state index is 11.4. The molecule has 0 aromatic heterocycles. The summed E-state index contributed by atoms with van der Waals surface area (Å²) in [5.74, 6) is 0.128. The molecule has 0 bridgehead atoms. The number of rotatable bonds is 2. The quantitative estimate of drug-likeness (QED) is 0.743. The van der Waals surface area contributed by atoms with E-state index in [1.54, 1.807) is 6.92 Å². The Kier molecular flexibility index (Phi) is 5.05. The monoisotopic (exact) mass is 298 g/mol. The zero-order chi connectivity index (χ0) is 15.6. The van der Waals surface area contributed by atoms with Gasteiger partial charge in [-0.1, -0.05) is 0 Å². The van der Waals surface area contributed by atoms with Gasteiger partial charge in [0, 0.05) is 64.3 Å². The van der Waals surface area contributed by atoms with Gasteiger partial charge in [0.15, 0.2) is 0 Å². The zero-order valence-corrected chi connectivity index (χ0v) is 13.1. The van der Waals surface area contributed by atoms with Crippen LogP contribution in [-0.4, -0.2) is 89.2 Å². The molecule has 7 nitrogen and oxygen atoms in total. The Morgan fingerprint density at radius 1 is 1.19 bits per heavy atom. The minimum atomic E-state index is -0.844. The van der Waals surface area contributed by atoms with Crippen molar-refractivity contribution in [3.63, 3.8) is 0 Å². The Morgan fingerprint density at radius 2 is 1.90 bits per heavy atom. The van der Waals surface area contributed by atoms with Gasteiger partial charge in [-0.05, 0) is 13.8 Å². The van der Waals surface area contributed by atoms with Gasteiger partial charge >= 0.3 is 6.09 Å². The first kappa shape index (κ1) is 16.0. The van der Waals surface area contributed by atoms with Crippen molar-refractivity contribution >= 4 is 12.0 Å². The average Bonchev–Trinajstić information content (AvgIpc) is 2.42. The van der Waals surface area contributed by atoms with Crippen molar-refractivity contribution in [1.29, 1.82) is 0 Å². The first-order valence-electron chi connectivity index (χ1n) is 7.61. The lowest BCUT2D eigenvalue weighted by Crippen LogP contribution is -2.62. The van der Waals surface area contributed by atoms with Crippen LogP contribution in [0.2, 0.25) is 0 Å². The zero-order valence-electron chi connectivity index (χ0n) is 13.1. The van der Waals surface area contributed by atoms with E-state index in [-0.39, 0.29) is 18.0 Å². The van der Waals surface area contributed by atoms with E-state index in [2.05, 4.69) is 17.1 Å². The molecule has 2 aliphatic heterocycles. The number of nitrogens with one attached hydrogen (secondary N) is 1. The van der Waals surface area contributed by atoms with Crippen LogP contribution in [0.15, 0.2) is 0 Å². The van der Waals surface area contributed by atoms with Crippen LogP contribution < -0.4 is 5.32 Å². The fourth-order valence-corrected chi connectivity index (χ4v) is 3.15. The summed E-state index contributed by atoms with van der Waals surface area (Å²) in [4.78, 5) is 28.4. The SMILES string of the molecule is CC(=O)N1CCN(C[C@H]2CN(C(=O)O)[C@H](C)CN2)[C@H](C)C1. The number of piperazine rings is 2. The molecule has 0 aromatic carbocycles. The highest BCUT2D eigenvalue weighted by molar-refractivity contribution is 5.73. The summed E-state index contributed by atoms with van der Waals surface area (Å²) in [6.45, 7) is 10.0. The number of carbonyl (C=O) groups excluding carboxylic acids is 1. The molecule has 2 N–H and O–H groups in total. The Morgan fingerprint density at radius 3 is 2.48 bits per heavy atom.